The zero-order valence-corrected chi connectivity index (χ0v) is 11.5. The molecule has 1 fully saturated rings. The lowest BCUT2D eigenvalue weighted by Gasteiger charge is -2.23. The molecule has 1 aliphatic rings. The van der Waals surface area contributed by atoms with Crippen molar-refractivity contribution in [1.29, 1.82) is 0 Å². The van der Waals surface area contributed by atoms with Gasteiger partial charge in [-0.15, -0.1) is 0 Å². The molecule has 0 aliphatic carbocycles. The minimum absolute atomic E-state index is 0.497. The summed E-state index contributed by atoms with van der Waals surface area (Å²) in [6.07, 6.45) is 3.88. The minimum atomic E-state index is 0.497. The second-order valence-corrected chi connectivity index (χ2v) is 6.13. The smallest absolute Gasteiger partial charge is 0.129 e. The molecule has 0 bridgehead atoms. The van der Waals surface area contributed by atoms with Crippen molar-refractivity contribution >= 4 is 11.6 Å². The third-order valence-corrected chi connectivity index (χ3v) is 3.80. The average Bonchev–Trinajstić information content (AvgIpc) is 2.41. The van der Waals surface area contributed by atoms with E-state index in [2.05, 4.69) is 29.8 Å². The Morgan fingerprint density at radius 3 is 2.88 bits per heavy atom. The van der Waals surface area contributed by atoms with E-state index >= 15 is 0 Å². The Hall–Kier alpha value is -0.600. The number of likely N-dealkylation sites (tertiary alicyclic amines) is 1. The quantitative estimate of drug-likeness (QED) is 0.746. The highest BCUT2D eigenvalue weighted by Gasteiger charge is 2.23. The molecule has 94 valence electrons. The highest BCUT2D eigenvalue weighted by molar-refractivity contribution is 6.29. The summed E-state index contributed by atoms with van der Waals surface area (Å²) in [5.41, 5.74) is 1.58. The second-order valence-electron chi connectivity index (χ2n) is 5.75. The van der Waals surface area contributed by atoms with Crippen LogP contribution >= 0.6 is 11.6 Å². The van der Waals surface area contributed by atoms with Crippen molar-refractivity contribution < 1.29 is 0 Å². The number of halogens is 1. The largest absolute Gasteiger partial charge is 0.297 e. The summed E-state index contributed by atoms with van der Waals surface area (Å²) in [5, 5.41) is 0.595. The molecule has 3 heteroatoms. The van der Waals surface area contributed by atoms with Gasteiger partial charge < -0.3 is 0 Å². The van der Waals surface area contributed by atoms with Crippen LogP contribution < -0.4 is 0 Å². The van der Waals surface area contributed by atoms with E-state index in [-0.39, 0.29) is 0 Å². The molecule has 0 unspecified atom stereocenters. The molecule has 2 rings (SSSR count). The summed E-state index contributed by atoms with van der Waals surface area (Å²) in [4.78, 5) is 6.85. The first-order valence-electron chi connectivity index (χ1n) is 6.39. The average molecular weight is 253 g/mol. The van der Waals surface area contributed by atoms with Gasteiger partial charge in [-0.1, -0.05) is 31.5 Å². The fraction of sp³-hybridized carbons (Fsp3) is 0.643. The first kappa shape index (κ1) is 12.8. The Morgan fingerprint density at radius 1 is 1.29 bits per heavy atom. The number of aromatic nitrogens is 1. The third kappa shape index (κ3) is 3.97. The van der Waals surface area contributed by atoms with Crippen molar-refractivity contribution in [2.24, 2.45) is 5.41 Å². The van der Waals surface area contributed by atoms with Crippen molar-refractivity contribution in [3.63, 3.8) is 0 Å². The molecule has 17 heavy (non-hydrogen) atoms. The lowest BCUT2D eigenvalue weighted by Crippen LogP contribution is -2.25. The van der Waals surface area contributed by atoms with Gasteiger partial charge in [-0.05, 0) is 49.9 Å². The van der Waals surface area contributed by atoms with Crippen LogP contribution in [0.4, 0.5) is 0 Å². The van der Waals surface area contributed by atoms with Crippen LogP contribution in [0.15, 0.2) is 18.2 Å². The SMILES string of the molecule is CC1(C)CCCN(Cc2cccc(Cl)n2)CC1. The van der Waals surface area contributed by atoms with Crippen molar-refractivity contribution in [1.82, 2.24) is 9.88 Å². The fourth-order valence-electron chi connectivity index (χ4n) is 2.40. The summed E-state index contributed by atoms with van der Waals surface area (Å²) in [6, 6.07) is 5.87. The van der Waals surface area contributed by atoms with Gasteiger partial charge in [-0.2, -0.15) is 0 Å². The van der Waals surface area contributed by atoms with Gasteiger partial charge in [0.15, 0.2) is 0 Å². The fourth-order valence-corrected chi connectivity index (χ4v) is 2.59. The molecule has 2 nitrogen and oxygen atoms in total. The molecule has 1 saturated heterocycles. The van der Waals surface area contributed by atoms with E-state index in [4.69, 9.17) is 11.6 Å². The predicted octanol–water partition coefficient (Wildman–Crippen LogP) is 3.75. The van der Waals surface area contributed by atoms with Crippen LogP contribution in [0.2, 0.25) is 5.15 Å². The minimum Gasteiger partial charge on any atom is -0.297 e. The molecule has 0 amide bonds. The summed E-state index contributed by atoms with van der Waals surface area (Å²) >= 11 is 5.91. The molecule has 0 N–H and O–H groups in total. The van der Waals surface area contributed by atoms with Gasteiger partial charge in [-0.3, -0.25) is 4.90 Å². The Balaban J connectivity index is 1.95. The number of nitrogens with zero attached hydrogens (tertiary/aromatic N) is 2. The lowest BCUT2D eigenvalue weighted by atomic mass is 9.85. The maximum atomic E-state index is 5.91. The Labute approximate surface area is 109 Å². The van der Waals surface area contributed by atoms with E-state index in [1.165, 1.54) is 32.4 Å². The molecule has 1 aromatic heterocycles. The van der Waals surface area contributed by atoms with Crippen LogP contribution in [0.3, 0.4) is 0 Å². The Bertz CT molecular complexity index is 376. The Kier molecular flexibility index (Phi) is 4.05. The van der Waals surface area contributed by atoms with Crippen LogP contribution in [0, 0.1) is 5.41 Å². The van der Waals surface area contributed by atoms with E-state index in [0.29, 0.717) is 10.6 Å². The molecule has 2 heterocycles. The van der Waals surface area contributed by atoms with Crippen LogP contribution in [-0.4, -0.2) is 23.0 Å². The molecular formula is C14H21ClN2. The number of rotatable bonds is 2. The van der Waals surface area contributed by atoms with Gasteiger partial charge in [0.25, 0.3) is 0 Å². The van der Waals surface area contributed by atoms with Crippen LogP contribution in [0.1, 0.15) is 38.8 Å². The maximum Gasteiger partial charge on any atom is 0.129 e. The molecule has 1 aromatic rings. The standard InChI is InChI=1S/C14H21ClN2/c1-14(2)7-4-9-17(10-8-14)11-12-5-3-6-13(15)16-12/h3,5-6H,4,7-11H2,1-2H3. The van der Waals surface area contributed by atoms with E-state index in [1.54, 1.807) is 0 Å². The van der Waals surface area contributed by atoms with E-state index in [0.717, 1.165) is 12.2 Å². The molecule has 0 saturated carbocycles. The van der Waals surface area contributed by atoms with E-state index in [1.807, 2.05) is 12.1 Å². The van der Waals surface area contributed by atoms with Gasteiger partial charge in [0, 0.05) is 6.54 Å². The second kappa shape index (κ2) is 5.36. The number of pyridine rings is 1. The summed E-state index contributed by atoms with van der Waals surface area (Å²) in [5.74, 6) is 0. The zero-order chi connectivity index (χ0) is 12.3. The normalized spacial score (nSPS) is 21.1. The van der Waals surface area contributed by atoms with Gasteiger partial charge in [0.05, 0.1) is 5.69 Å². The monoisotopic (exact) mass is 252 g/mol. The van der Waals surface area contributed by atoms with Gasteiger partial charge >= 0.3 is 0 Å². The van der Waals surface area contributed by atoms with Gasteiger partial charge in [0.2, 0.25) is 0 Å². The lowest BCUT2D eigenvalue weighted by molar-refractivity contribution is 0.253. The first-order valence-corrected chi connectivity index (χ1v) is 6.77. The van der Waals surface area contributed by atoms with Crippen molar-refractivity contribution in [2.75, 3.05) is 13.1 Å². The summed E-state index contributed by atoms with van der Waals surface area (Å²) in [7, 11) is 0. The molecular weight excluding hydrogens is 232 g/mol. The van der Waals surface area contributed by atoms with E-state index < -0.39 is 0 Å². The van der Waals surface area contributed by atoms with Crippen molar-refractivity contribution in [3.05, 3.63) is 29.0 Å². The summed E-state index contributed by atoms with van der Waals surface area (Å²) < 4.78 is 0. The molecule has 0 radical (unpaired) electrons. The van der Waals surface area contributed by atoms with Gasteiger partial charge in [-0.25, -0.2) is 4.98 Å². The number of hydrogen-bond donors (Lipinski definition) is 0. The highest BCUT2D eigenvalue weighted by atomic mass is 35.5. The van der Waals surface area contributed by atoms with Crippen molar-refractivity contribution in [2.45, 2.75) is 39.7 Å². The maximum absolute atomic E-state index is 5.91. The van der Waals surface area contributed by atoms with Crippen LogP contribution in [-0.2, 0) is 6.54 Å². The topological polar surface area (TPSA) is 16.1 Å². The first-order chi connectivity index (χ1) is 8.05. The number of hydrogen-bond acceptors (Lipinski definition) is 2. The molecule has 0 spiro atoms. The summed E-state index contributed by atoms with van der Waals surface area (Å²) in [6.45, 7) is 8.01. The molecule has 1 aliphatic heterocycles. The van der Waals surface area contributed by atoms with Crippen molar-refractivity contribution in [3.8, 4) is 0 Å². The predicted molar refractivity (Wildman–Crippen MR) is 72.2 cm³/mol. The zero-order valence-electron chi connectivity index (χ0n) is 10.7. The van der Waals surface area contributed by atoms with Crippen LogP contribution in [0.25, 0.3) is 0 Å². The third-order valence-electron chi connectivity index (χ3n) is 3.59. The Morgan fingerprint density at radius 2 is 2.12 bits per heavy atom. The van der Waals surface area contributed by atoms with Gasteiger partial charge in [0.1, 0.15) is 5.15 Å². The molecule has 0 aromatic carbocycles. The van der Waals surface area contributed by atoms with Crippen LogP contribution in [0.5, 0.6) is 0 Å². The molecule has 0 atom stereocenters. The van der Waals surface area contributed by atoms with E-state index in [9.17, 15) is 0 Å². The highest BCUT2D eigenvalue weighted by Crippen LogP contribution is 2.30.